The van der Waals surface area contributed by atoms with Crippen molar-refractivity contribution in [1.82, 2.24) is 24.2 Å². The van der Waals surface area contributed by atoms with Crippen LogP contribution in [0.4, 0.5) is 5.82 Å². The van der Waals surface area contributed by atoms with E-state index in [9.17, 15) is 8.42 Å². The van der Waals surface area contributed by atoms with Crippen molar-refractivity contribution in [3.8, 4) is 0 Å². The molecule has 2 aromatic heterocycles. The number of rotatable bonds is 9. The first kappa shape index (κ1) is 23.7. The van der Waals surface area contributed by atoms with Crippen molar-refractivity contribution < 1.29 is 8.42 Å². The summed E-state index contributed by atoms with van der Waals surface area (Å²) in [5.41, 5.74) is 10.1. The second-order valence-electron chi connectivity index (χ2n) is 8.40. The van der Waals surface area contributed by atoms with Crippen LogP contribution in [0.2, 0.25) is 0 Å². The normalized spacial score (nSPS) is 13.9. The van der Waals surface area contributed by atoms with Gasteiger partial charge in [-0.15, -0.1) is 0 Å². The molecule has 32 heavy (non-hydrogen) atoms. The topological polar surface area (TPSA) is 116 Å². The minimum atomic E-state index is -3.33. The summed E-state index contributed by atoms with van der Waals surface area (Å²) in [5, 5.41) is 0.746. The summed E-state index contributed by atoms with van der Waals surface area (Å²) >= 11 is 3.94. The number of halogens is 1. The summed E-state index contributed by atoms with van der Waals surface area (Å²) in [6.07, 6.45) is 5.31. The maximum absolute atomic E-state index is 12.3. The smallest absolute Gasteiger partial charge is 0.211 e. The molecule has 1 aliphatic carbocycles. The highest BCUT2D eigenvalue weighted by molar-refractivity contribution is 14.1. The number of hydrogen-bond acceptors (Lipinski definition) is 7. The third-order valence-electron chi connectivity index (χ3n) is 5.38. The molecule has 3 N–H and O–H groups in total. The van der Waals surface area contributed by atoms with Crippen molar-refractivity contribution in [3.63, 3.8) is 0 Å². The van der Waals surface area contributed by atoms with Crippen LogP contribution in [0, 0.1) is 9.49 Å². The van der Waals surface area contributed by atoms with Crippen molar-refractivity contribution in [2.75, 3.05) is 18.0 Å². The fourth-order valence-electron chi connectivity index (χ4n) is 3.74. The van der Waals surface area contributed by atoms with Crippen LogP contribution in [0.3, 0.4) is 0 Å². The number of anilines is 1. The van der Waals surface area contributed by atoms with E-state index in [2.05, 4.69) is 49.4 Å². The Labute approximate surface area is 206 Å². The Morgan fingerprint density at radius 3 is 2.75 bits per heavy atom. The first-order valence-corrected chi connectivity index (χ1v) is 14.2. The summed E-state index contributed by atoms with van der Waals surface area (Å²) in [5.74, 6) is 0.630. The van der Waals surface area contributed by atoms with Gasteiger partial charge in [-0.05, 0) is 77.5 Å². The average Bonchev–Trinajstić information content (AvgIpc) is 3.32. The molecule has 4 rings (SSSR count). The maximum atomic E-state index is 12.3. The molecular formula is C21H27IN6O2S2. The van der Waals surface area contributed by atoms with Crippen LogP contribution in [0.25, 0.3) is 11.2 Å². The van der Waals surface area contributed by atoms with Crippen LogP contribution in [0.1, 0.15) is 37.8 Å². The third kappa shape index (κ3) is 5.37. The van der Waals surface area contributed by atoms with Crippen LogP contribution < -0.4 is 10.5 Å². The Bertz CT molecular complexity index is 1240. The van der Waals surface area contributed by atoms with E-state index in [4.69, 9.17) is 10.7 Å². The van der Waals surface area contributed by atoms with E-state index in [0.717, 1.165) is 22.9 Å². The molecule has 0 radical (unpaired) electrons. The quantitative estimate of drug-likeness (QED) is 0.368. The van der Waals surface area contributed by atoms with Gasteiger partial charge in [-0.1, -0.05) is 25.6 Å². The fraction of sp³-hybridized carbons (Fsp3) is 0.476. The summed E-state index contributed by atoms with van der Waals surface area (Å²) in [7, 11) is -3.33. The molecule has 0 saturated heterocycles. The Balaban J connectivity index is 1.59. The molecule has 11 heteroatoms. The summed E-state index contributed by atoms with van der Waals surface area (Å²) in [4.78, 5) is 14.3. The lowest BCUT2D eigenvalue weighted by Gasteiger charge is -2.12. The summed E-state index contributed by atoms with van der Waals surface area (Å²) in [6.45, 7) is 4.87. The Morgan fingerprint density at radius 1 is 1.25 bits per heavy atom. The number of sulfonamides is 1. The van der Waals surface area contributed by atoms with Crippen molar-refractivity contribution >= 4 is 61.4 Å². The number of fused-ring (bicyclic) bond motifs is 2. The number of aryl methyl sites for hydroxylation is 3. The monoisotopic (exact) mass is 586 g/mol. The first-order valence-electron chi connectivity index (χ1n) is 10.7. The van der Waals surface area contributed by atoms with Crippen LogP contribution in [0.5, 0.6) is 0 Å². The summed E-state index contributed by atoms with van der Waals surface area (Å²) in [6, 6.07) is 4.52. The fourth-order valence-corrected chi connectivity index (χ4v) is 6.82. The molecule has 0 aliphatic heterocycles. The molecule has 1 aliphatic rings. The van der Waals surface area contributed by atoms with Gasteiger partial charge in [-0.2, -0.15) is 0 Å². The Morgan fingerprint density at radius 2 is 2.00 bits per heavy atom. The van der Waals surface area contributed by atoms with E-state index in [1.165, 1.54) is 27.4 Å². The van der Waals surface area contributed by atoms with Gasteiger partial charge in [0.1, 0.15) is 6.33 Å². The molecule has 1 aromatic carbocycles. The van der Waals surface area contributed by atoms with E-state index in [-0.39, 0.29) is 11.7 Å². The van der Waals surface area contributed by atoms with Gasteiger partial charge in [0.25, 0.3) is 0 Å². The lowest BCUT2D eigenvalue weighted by molar-refractivity contribution is 0.551. The minimum absolute atomic E-state index is 0.0421. The summed E-state index contributed by atoms with van der Waals surface area (Å²) < 4.78 is 30.5. The highest BCUT2D eigenvalue weighted by Crippen LogP contribution is 2.37. The molecule has 8 nitrogen and oxygen atoms in total. The van der Waals surface area contributed by atoms with Gasteiger partial charge < -0.3 is 10.3 Å². The average molecular weight is 587 g/mol. The zero-order valence-corrected chi connectivity index (χ0v) is 21.9. The molecule has 0 atom stereocenters. The van der Waals surface area contributed by atoms with Gasteiger partial charge in [-0.25, -0.2) is 28.1 Å². The number of benzene rings is 1. The van der Waals surface area contributed by atoms with E-state index >= 15 is 0 Å². The van der Waals surface area contributed by atoms with Crippen LogP contribution >= 0.6 is 34.4 Å². The predicted octanol–water partition coefficient (Wildman–Crippen LogP) is 3.62. The van der Waals surface area contributed by atoms with Gasteiger partial charge in [0, 0.05) is 21.6 Å². The minimum Gasteiger partial charge on any atom is -0.382 e. The highest BCUT2D eigenvalue weighted by atomic mass is 127. The zero-order valence-electron chi connectivity index (χ0n) is 18.1. The van der Waals surface area contributed by atoms with E-state index in [1.807, 2.05) is 18.4 Å². The maximum Gasteiger partial charge on any atom is 0.211 e. The standard InChI is InChI=1S/C21H27IN6O2S2/c1-13(2)11-26-32(29,30)8-4-7-28-20-18(19(23)24-12-25-20)27-21(28)31-17-10-15-6-3-5-14(15)9-16(17)22/h9-10,12-13,26H,3-8,11H2,1-2H3,(H2,23,24,25). The second kappa shape index (κ2) is 9.82. The second-order valence-corrected chi connectivity index (χ2v) is 12.5. The number of nitrogens with zero attached hydrogens (tertiary/aromatic N) is 4. The van der Waals surface area contributed by atoms with E-state index < -0.39 is 10.0 Å². The van der Waals surface area contributed by atoms with E-state index in [0.29, 0.717) is 36.5 Å². The van der Waals surface area contributed by atoms with Crippen molar-refractivity contribution in [2.24, 2.45) is 5.92 Å². The molecule has 0 fully saturated rings. The van der Waals surface area contributed by atoms with Gasteiger partial charge >= 0.3 is 0 Å². The van der Waals surface area contributed by atoms with Crippen LogP contribution in [-0.2, 0) is 29.4 Å². The SMILES string of the molecule is CC(C)CNS(=O)(=O)CCCn1c(Sc2cc3c(cc2I)CCC3)nc2c(N)ncnc21. The number of imidazole rings is 1. The number of nitrogens with one attached hydrogen (secondary N) is 1. The van der Waals surface area contributed by atoms with Crippen molar-refractivity contribution in [2.45, 2.75) is 56.1 Å². The lowest BCUT2D eigenvalue weighted by atomic mass is 10.1. The van der Waals surface area contributed by atoms with Gasteiger partial charge in [0.05, 0.1) is 5.75 Å². The molecule has 172 valence electrons. The van der Waals surface area contributed by atoms with Crippen LogP contribution in [-0.4, -0.2) is 40.2 Å². The number of nitrogen functional groups attached to an aromatic ring is 1. The molecule has 0 bridgehead atoms. The molecule has 0 saturated carbocycles. The molecule has 0 unspecified atom stereocenters. The number of nitrogens with two attached hydrogens (primary N) is 1. The van der Waals surface area contributed by atoms with Crippen LogP contribution in [0.15, 0.2) is 28.5 Å². The van der Waals surface area contributed by atoms with E-state index in [1.54, 1.807) is 11.8 Å². The van der Waals surface area contributed by atoms with Gasteiger partial charge in [0.15, 0.2) is 22.1 Å². The lowest BCUT2D eigenvalue weighted by Crippen LogP contribution is -2.30. The molecule has 0 spiro atoms. The Hall–Kier alpha value is -1.44. The highest BCUT2D eigenvalue weighted by Gasteiger charge is 2.20. The third-order valence-corrected chi connectivity index (χ3v) is 9.12. The number of aromatic nitrogens is 4. The van der Waals surface area contributed by atoms with Gasteiger partial charge in [0.2, 0.25) is 10.0 Å². The number of hydrogen-bond donors (Lipinski definition) is 2. The molecule has 2 heterocycles. The molecule has 3 aromatic rings. The van der Waals surface area contributed by atoms with Crippen molar-refractivity contribution in [3.05, 3.63) is 33.2 Å². The predicted molar refractivity (Wildman–Crippen MR) is 136 cm³/mol. The van der Waals surface area contributed by atoms with Gasteiger partial charge in [-0.3, -0.25) is 0 Å². The molecule has 0 amide bonds. The zero-order chi connectivity index (χ0) is 22.9. The Kier molecular flexibility index (Phi) is 7.27. The first-order chi connectivity index (χ1) is 15.2. The molecular weight excluding hydrogens is 559 g/mol. The largest absolute Gasteiger partial charge is 0.382 e. The van der Waals surface area contributed by atoms with Crippen molar-refractivity contribution in [1.29, 1.82) is 0 Å².